The van der Waals surface area contributed by atoms with E-state index in [1.807, 2.05) is 0 Å². The van der Waals surface area contributed by atoms with E-state index in [1.54, 1.807) is 24.3 Å². The average molecular weight is 287 g/mol. The van der Waals surface area contributed by atoms with Crippen molar-refractivity contribution in [2.45, 2.75) is 18.8 Å². The predicted octanol–water partition coefficient (Wildman–Crippen LogP) is 2.27. The Kier molecular flexibility index (Phi) is 3.70. The van der Waals surface area contributed by atoms with Crippen LogP contribution in [-0.4, -0.2) is 22.2 Å². The highest BCUT2D eigenvalue weighted by Crippen LogP contribution is 2.29. The van der Waals surface area contributed by atoms with Crippen LogP contribution in [0.25, 0.3) is 0 Å². The minimum atomic E-state index is -1.40. The molecule has 0 heterocycles. The fourth-order valence-electron chi connectivity index (χ4n) is 1.42. The number of aliphatic carboxylic acids is 2. The molecule has 1 unspecified atom stereocenters. The summed E-state index contributed by atoms with van der Waals surface area (Å²) in [4.78, 5) is 21.9. The van der Waals surface area contributed by atoms with Gasteiger partial charge in [-0.05, 0) is 24.6 Å². The topological polar surface area (TPSA) is 74.6 Å². The SMILES string of the molecule is CC(CC(=O)O)(C(=O)O)c1ccc(Br)cc1. The molecule has 0 fully saturated rings. The van der Waals surface area contributed by atoms with Gasteiger partial charge in [0.25, 0.3) is 0 Å². The highest BCUT2D eigenvalue weighted by molar-refractivity contribution is 9.10. The van der Waals surface area contributed by atoms with Gasteiger partial charge in [-0.3, -0.25) is 9.59 Å². The summed E-state index contributed by atoms with van der Waals surface area (Å²) in [6, 6.07) is 6.61. The Balaban J connectivity index is 3.16. The van der Waals surface area contributed by atoms with Crippen molar-refractivity contribution < 1.29 is 19.8 Å². The Morgan fingerprint density at radius 2 is 1.75 bits per heavy atom. The molecule has 86 valence electrons. The Morgan fingerprint density at radius 1 is 1.25 bits per heavy atom. The van der Waals surface area contributed by atoms with Crippen LogP contribution >= 0.6 is 15.9 Å². The third-order valence-corrected chi connectivity index (χ3v) is 2.99. The van der Waals surface area contributed by atoms with E-state index in [1.165, 1.54) is 6.92 Å². The van der Waals surface area contributed by atoms with Gasteiger partial charge in [-0.1, -0.05) is 28.1 Å². The van der Waals surface area contributed by atoms with Crippen LogP contribution in [0.5, 0.6) is 0 Å². The summed E-state index contributed by atoms with van der Waals surface area (Å²) < 4.78 is 0.819. The zero-order valence-electron chi connectivity index (χ0n) is 8.61. The molecule has 1 atom stereocenters. The first-order chi connectivity index (χ1) is 7.36. The number of hydrogen-bond donors (Lipinski definition) is 2. The van der Waals surface area contributed by atoms with Gasteiger partial charge in [-0.25, -0.2) is 0 Å². The summed E-state index contributed by atoms with van der Waals surface area (Å²) >= 11 is 3.24. The van der Waals surface area contributed by atoms with Crippen molar-refractivity contribution in [2.75, 3.05) is 0 Å². The van der Waals surface area contributed by atoms with Gasteiger partial charge in [0.2, 0.25) is 0 Å². The van der Waals surface area contributed by atoms with Crippen molar-refractivity contribution in [2.24, 2.45) is 0 Å². The van der Waals surface area contributed by atoms with Gasteiger partial charge >= 0.3 is 11.9 Å². The normalized spacial score (nSPS) is 14.1. The molecule has 0 aliphatic rings. The number of carboxylic acids is 2. The predicted molar refractivity (Wildman–Crippen MR) is 61.4 cm³/mol. The van der Waals surface area contributed by atoms with Crippen molar-refractivity contribution in [1.29, 1.82) is 0 Å². The molecular weight excluding hydrogens is 276 g/mol. The number of halogens is 1. The molecule has 0 saturated heterocycles. The Hall–Kier alpha value is -1.36. The Morgan fingerprint density at radius 3 is 2.12 bits per heavy atom. The maximum Gasteiger partial charge on any atom is 0.314 e. The molecule has 0 saturated carbocycles. The van der Waals surface area contributed by atoms with Crippen LogP contribution in [-0.2, 0) is 15.0 Å². The van der Waals surface area contributed by atoms with E-state index in [0.717, 1.165) is 4.47 Å². The number of carboxylic acid groups (broad SMARTS) is 2. The lowest BCUT2D eigenvalue weighted by molar-refractivity contribution is -0.149. The first kappa shape index (κ1) is 12.7. The molecule has 0 aliphatic heterocycles. The summed E-state index contributed by atoms with van der Waals surface area (Å²) in [6.07, 6.45) is -0.441. The minimum Gasteiger partial charge on any atom is -0.481 e. The molecule has 4 nitrogen and oxygen atoms in total. The van der Waals surface area contributed by atoms with E-state index in [9.17, 15) is 9.59 Å². The smallest absolute Gasteiger partial charge is 0.314 e. The van der Waals surface area contributed by atoms with Gasteiger partial charge in [-0.2, -0.15) is 0 Å². The van der Waals surface area contributed by atoms with Crippen LogP contribution in [0.15, 0.2) is 28.7 Å². The number of carbonyl (C=O) groups is 2. The van der Waals surface area contributed by atoms with E-state index < -0.39 is 23.8 Å². The maximum absolute atomic E-state index is 11.2. The van der Waals surface area contributed by atoms with Crippen LogP contribution in [0.3, 0.4) is 0 Å². The summed E-state index contributed by atoms with van der Waals surface area (Å²) in [5, 5.41) is 17.9. The zero-order chi connectivity index (χ0) is 12.3. The van der Waals surface area contributed by atoms with Gasteiger partial charge in [0.05, 0.1) is 6.42 Å². The van der Waals surface area contributed by atoms with Gasteiger partial charge in [0, 0.05) is 4.47 Å². The fraction of sp³-hybridized carbons (Fsp3) is 0.273. The molecule has 5 heteroatoms. The molecule has 0 aliphatic carbocycles. The van der Waals surface area contributed by atoms with Crippen LogP contribution in [0.4, 0.5) is 0 Å². The molecule has 1 aromatic rings. The molecule has 16 heavy (non-hydrogen) atoms. The lowest BCUT2D eigenvalue weighted by atomic mass is 9.79. The van der Waals surface area contributed by atoms with Crippen LogP contribution in [0.1, 0.15) is 18.9 Å². The second kappa shape index (κ2) is 4.65. The monoisotopic (exact) mass is 286 g/mol. The average Bonchev–Trinajstić information content (AvgIpc) is 2.17. The van der Waals surface area contributed by atoms with Gasteiger partial charge in [0.15, 0.2) is 0 Å². The summed E-state index contributed by atoms with van der Waals surface area (Å²) in [5.74, 6) is -2.27. The Bertz CT molecular complexity index is 412. The first-order valence-electron chi connectivity index (χ1n) is 4.57. The van der Waals surface area contributed by atoms with Crippen molar-refractivity contribution in [3.05, 3.63) is 34.3 Å². The van der Waals surface area contributed by atoms with Crippen molar-refractivity contribution in [3.8, 4) is 0 Å². The van der Waals surface area contributed by atoms with E-state index in [2.05, 4.69) is 15.9 Å². The number of hydrogen-bond acceptors (Lipinski definition) is 2. The molecule has 0 bridgehead atoms. The lowest BCUT2D eigenvalue weighted by Gasteiger charge is -2.23. The van der Waals surface area contributed by atoms with Gasteiger partial charge in [0.1, 0.15) is 5.41 Å². The van der Waals surface area contributed by atoms with E-state index in [4.69, 9.17) is 10.2 Å². The first-order valence-corrected chi connectivity index (χ1v) is 5.37. The highest BCUT2D eigenvalue weighted by atomic mass is 79.9. The second-order valence-corrected chi connectivity index (χ2v) is 4.63. The standard InChI is InChI=1S/C11H11BrO4/c1-11(10(15)16,6-9(13)14)7-2-4-8(12)5-3-7/h2-5H,6H2,1H3,(H,13,14)(H,15,16). The largest absolute Gasteiger partial charge is 0.481 e. The van der Waals surface area contributed by atoms with Gasteiger partial charge < -0.3 is 10.2 Å². The molecule has 0 spiro atoms. The summed E-state index contributed by atoms with van der Waals surface area (Å²) in [6.45, 7) is 1.41. The third kappa shape index (κ3) is 2.61. The van der Waals surface area contributed by atoms with E-state index in [0.29, 0.717) is 5.56 Å². The third-order valence-electron chi connectivity index (χ3n) is 2.46. The number of rotatable bonds is 4. The molecule has 1 rings (SSSR count). The molecule has 0 aromatic heterocycles. The fourth-order valence-corrected chi connectivity index (χ4v) is 1.69. The maximum atomic E-state index is 11.2. The van der Waals surface area contributed by atoms with Crippen LogP contribution in [0.2, 0.25) is 0 Å². The van der Waals surface area contributed by atoms with E-state index >= 15 is 0 Å². The van der Waals surface area contributed by atoms with Crippen LogP contribution in [0, 0.1) is 0 Å². The van der Waals surface area contributed by atoms with Crippen molar-refractivity contribution in [1.82, 2.24) is 0 Å². The number of benzene rings is 1. The quantitative estimate of drug-likeness (QED) is 0.890. The van der Waals surface area contributed by atoms with Gasteiger partial charge in [-0.15, -0.1) is 0 Å². The van der Waals surface area contributed by atoms with E-state index in [-0.39, 0.29) is 0 Å². The van der Waals surface area contributed by atoms with Crippen molar-refractivity contribution >= 4 is 27.9 Å². The molecule has 1 aromatic carbocycles. The summed E-state index contributed by atoms with van der Waals surface area (Å²) in [7, 11) is 0. The highest BCUT2D eigenvalue weighted by Gasteiger charge is 2.37. The minimum absolute atomic E-state index is 0.441. The lowest BCUT2D eigenvalue weighted by Crippen LogP contribution is -2.34. The Labute approximate surface area is 101 Å². The molecule has 2 N–H and O–H groups in total. The molecular formula is C11H11BrO4. The molecule has 0 radical (unpaired) electrons. The van der Waals surface area contributed by atoms with Crippen molar-refractivity contribution in [3.63, 3.8) is 0 Å². The molecule has 0 amide bonds. The summed E-state index contributed by atoms with van der Waals surface area (Å²) in [5.41, 5.74) is -0.919. The zero-order valence-corrected chi connectivity index (χ0v) is 10.2. The second-order valence-electron chi connectivity index (χ2n) is 3.71. The van der Waals surface area contributed by atoms with Crippen LogP contribution < -0.4 is 0 Å².